The van der Waals surface area contributed by atoms with E-state index in [0.717, 1.165) is 16.1 Å². The minimum absolute atomic E-state index is 0.304. The molecule has 6 heteroatoms. The summed E-state index contributed by atoms with van der Waals surface area (Å²) in [5, 5.41) is 9.19. The largest absolute Gasteiger partial charge is 0.439 e. The van der Waals surface area contributed by atoms with Crippen molar-refractivity contribution < 1.29 is 14.6 Å². The summed E-state index contributed by atoms with van der Waals surface area (Å²) in [6.07, 6.45) is -1.63. The lowest BCUT2D eigenvalue weighted by atomic mass is 10.1. The number of aryl methyl sites for hydroxylation is 1. The third kappa shape index (κ3) is 3.10. The van der Waals surface area contributed by atoms with Crippen molar-refractivity contribution in [3.8, 4) is 10.4 Å². The molecule has 3 N–H and O–H groups in total. The van der Waals surface area contributed by atoms with Crippen LogP contribution in [0, 0.1) is 6.92 Å². The number of thiazole rings is 1. The molecule has 1 unspecified atom stereocenters. The van der Waals surface area contributed by atoms with Crippen LogP contribution in [0.25, 0.3) is 10.4 Å². The molecule has 1 aromatic heterocycles. The molecule has 5 nitrogen and oxygen atoms in total. The summed E-state index contributed by atoms with van der Waals surface area (Å²) in [6.45, 7) is 1.65. The summed E-state index contributed by atoms with van der Waals surface area (Å²) in [5.41, 5.74) is 9.47. The molecule has 2 rings (SSSR count). The van der Waals surface area contributed by atoms with Crippen LogP contribution >= 0.6 is 11.3 Å². The fourth-order valence-corrected chi connectivity index (χ4v) is 2.59. The molecular weight excluding hydrogens is 264 g/mol. The molecule has 0 bridgehead atoms. The molecular formula is C13H14N2O3S. The number of hydrogen-bond acceptors (Lipinski definition) is 5. The fourth-order valence-electron chi connectivity index (χ4n) is 1.78. The van der Waals surface area contributed by atoms with Crippen molar-refractivity contribution in [2.75, 3.05) is 6.61 Å². The molecule has 1 atom stereocenters. The molecule has 0 radical (unpaired) electrons. The van der Waals surface area contributed by atoms with Gasteiger partial charge in [0.2, 0.25) is 0 Å². The van der Waals surface area contributed by atoms with Crippen molar-refractivity contribution in [2.24, 2.45) is 5.73 Å². The number of carbonyl (C=O) groups is 1. The summed E-state index contributed by atoms with van der Waals surface area (Å²) < 4.78 is 4.82. The van der Waals surface area contributed by atoms with Crippen LogP contribution in [0.4, 0.5) is 4.79 Å². The van der Waals surface area contributed by atoms with E-state index in [1.807, 2.05) is 19.1 Å². The van der Waals surface area contributed by atoms with Crippen molar-refractivity contribution in [1.82, 2.24) is 4.98 Å². The number of nitrogens with two attached hydrogens (primary N) is 1. The standard InChI is InChI=1S/C13H14N2O3S/c1-8-12(19-7-15-8)10-4-2-9(3-5-10)11(6-16)18-13(14)17/h2-5,7,11,16H,6H2,1H3,(H2,14,17). The number of rotatable bonds is 4. The van der Waals surface area contributed by atoms with E-state index in [4.69, 9.17) is 10.5 Å². The van der Waals surface area contributed by atoms with E-state index in [9.17, 15) is 9.90 Å². The smallest absolute Gasteiger partial charge is 0.405 e. The van der Waals surface area contributed by atoms with Gasteiger partial charge in [0.05, 0.1) is 22.7 Å². The van der Waals surface area contributed by atoms with Crippen LogP contribution < -0.4 is 5.73 Å². The lowest BCUT2D eigenvalue weighted by molar-refractivity contribution is 0.0633. The molecule has 2 aromatic rings. The van der Waals surface area contributed by atoms with Crippen molar-refractivity contribution >= 4 is 17.4 Å². The normalized spacial score (nSPS) is 12.1. The number of nitrogens with zero attached hydrogens (tertiary/aromatic N) is 1. The van der Waals surface area contributed by atoms with E-state index in [1.165, 1.54) is 0 Å². The van der Waals surface area contributed by atoms with Crippen molar-refractivity contribution in [1.29, 1.82) is 0 Å². The van der Waals surface area contributed by atoms with Crippen molar-refractivity contribution in [3.05, 3.63) is 41.0 Å². The molecule has 0 spiro atoms. The molecule has 1 amide bonds. The Labute approximate surface area is 114 Å². The highest BCUT2D eigenvalue weighted by atomic mass is 32.1. The third-order valence-electron chi connectivity index (χ3n) is 2.71. The molecule has 19 heavy (non-hydrogen) atoms. The Bertz CT molecular complexity index is 566. The number of carbonyl (C=O) groups excluding carboxylic acids is 1. The Hall–Kier alpha value is -1.92. The lowest BCUT2D eigenvalue weighted by Crippen LogP contribution is -2.19. The van der Waals surface area contributed by atoms with E-state index in [-0.39, 0.29) is 6.61 Å². The second-order valence-electron chi connectivity index (χ2n) is 4.00. The van der Waals surface area contributed by atoms with Gasteiger partial charge in [-0.15, -0.1) is 11.3 Å². The minimum atomic E-state index is -0.901. The van der Waals surface area contributed by atoms with E-state index in [0.29, 0.717) is 5.56 Å². The van der Waals surface area contributed by atoms with Gasteiger partial charge in [0.25, 0.3) is 0 Å². The number of benzene rings is 1. The van der Waals surface area contributed by atoms with Gasteiger partial charge in [0, 0.05) is 0 Å². The zero-order valence-corrected chi connectivity index (χ0v) is 11.2. The average Bonchev–Trinajstić information content (AvgIpc) is 2.82. The zero-order valence-electron chi connectivity index (χ0n) is 10.4. The molecule has 0 fully saturated rings. The van der Waals surface area contributed by atoms with Gasteiger partial charge in [0.1, 0.15) is 0 Å². The Balaban J connectivity index is 2.22. The van der Waals surface area contributed by atoms with Gasteiger partial charge in [-0.1, -0.05) is 24.3 Å². The topological polar surface area (TPSA) is 85.4 Å². The monoisotopic (exact) mass is 278 g/mol. The molecule has 1 aromatic carbocycles. The first-order chi connectivity index (χ1) is 9.11. The third-order valence-corrected chi connectivity index (χ3v) is 3.69. The van der Waals surface area contributed by atoms with Crippen molar-refractivity contribution in [3.63, 3.8) is 0 Å². The zero-order chi connectivity index (χ0) is 13.8. The summed E-state index contributed by atoms with van der Waals surface area (Å²) in [6, 6.07) is 7.42. The van der Waals surface area contributed by atoms with Crippen LogP contribution in [0.15, 0.2) is 29.8 Å². The van der Waals surface area contributed by atoms with Crippen LogP contribution in [0.5, 0.6) is 0 Å². The maximum atomic E-state index is 10.7. The predicted octanol–water partition coefficient (Wildman–Crippen LogP) is 2.25. The number of aliphatic hydroxyl groups is 1. The molecule has 0 aliphatic heterocycles. The van der Waals surface area contributed by atoms with E-state index in [1.54, 1.807) is 29.0 Å². The molecule has 0 aliphatic rings. The van der Waals surface area contributed by atoms with Gasteiger partial charge in [0.15, 0.2) is 6.10 Å². The van der Waals surface area contributed by atoms with Crippen LogP contribution in [-0.4, -0.2) is 22.8 Å². The minimum Gasteiger partial charge on any atom is -0.439 e. The van der Waals surface area contributed by atoms with Crippen LogP contribution in [0.2, 0.25) is 0 Å². The first-order valence-corrected chi connectivity index (χ1v) is 6.57. The Morgan fingerprint density at radius 2 is 2.16 bits per heavy atom. The van der Waals surface area contributed by atoms with Gasteiger partial charge in [-0.3, -0.25) is 0 Å². The van der Waals surface area contributed by atoms with E-state index in [2.05, 4.69) is 4.98 Å². The first-order valence-electron chi connectivity index (χ1n) is 5.69. The highest BCUT2D eigenvalue weighted by Crippen LogP contribution is 2.28. The molecule has 1 heterocycles. The number of amides is 1. The van der Waals surface area contributed by atoms with Gasteiger partial charge in [-0.05, 0) is 18.1 Å². The molecule has 0 saturated carbocycles. The fraction of sp³-hybridized carbons (Fsp3) is 0.231. The number of hydrogen-bond donors (Lipinski definition) is 2. The van der Waals surface area contributed by atoms with Crippen LogP contribution in [0.1, 0.15) is 17.4 Å². The van der Waals surface area contributed by atoms with Gasteiger partial charge in [-0.2, -0.15) is 0 Å². The quantitative estimate of drug-likeness (QED) is 0.898. The Kier molecular flexibility index (Phi) is 4.13. The van der Waals surface area contributed by atoms with Crippen LogP contribution in [0.3, 0.4) is 0 Å². The Morgan fingerprint density at radius 1 is 1.47 bits per heavy atom. The number of aliphatic hydroxyl groups excluding tert-OH is 1. The maximum absolute atomic E-state index is 10.7. The highest BCUT2D eigenvalue weighted by molar-refractivity contribution is 7.13. The van der Waals surface area contributed by atoms with E-state index < -0.39 is 12.2 Å². The molecule has 0 saturated heterocycles. The average molecular weight is 278 g/mol. The van der Waals surface area contributed by atoms with Gasteiger partial charge in [-0.25, -0.2) is 9.78 Å². The predicted molar refractivity (Wildman–Crippen MR) is 72.8 cm³/mol. The van der Waals surface area contributed by atoms with E-state index >= 15 is 0 Å². The lowest BCUT2D eigenvalue weighted by Gasteiger charge is -2.14. The summed E-state index contributed by atoms with van der Waals surface area (Å²) in [4.78, 5) is 16.0. The number of aromatic nitrogens is 1. The highest BCUT2D eigenvalue weighted by Gasteiger charge is 2.14. The summed E-state index contributed by atoms with van der Waals surface area (Å²) in [5.74, 6) is 0. The maximum Gasteiger partial charge on any atom is 0.405 e. The molecule has 100 valence electrons. The molecule has 0 aliphatic carbocycles. The van der Waals surface area contributed by atoms with Gasteiger partial charge < -0.3 is 15.6 Å². The van der Waals surface area contributed by atoms with Crippen molar-refractivity contribution in [2.45, 2.75) is 13.0 Å². The second kappa shape index (κ2) is 5.81. The second-order valence-corrected chi connectivity index (χ2v) is 4.85. The Morgan fingerprint density at radius 3 is 2.63 bits per heavy atom. The first kappa shape index (κ1) is 13.5. The number of ether oxygens (including phenoxy) is 1. The summed E-state index contributed by atoms with van der Waals surface area (Å²) in [7, 11) is 0. The SMILES string of the molecule is Cc1ncsc1-c1ccc(C(CO)OC(N)=O)cc1. The van der Waals surface area contributed by atoms with Crippen LogP contribution in [-0.2, 0) is 4.74 Å². The van der Waals surface area contributed by atoms with Gasteiger partial charge >= 0.3 is 6.09 Å². The number of primary amides is 1. The summed E-state index contributed by atoms with van der Waals surface area (Å²) >= 11 is 1.57.